The van der Waals surface area contributed by atoms with Crippen LogP contribution < -0.4 is 32.1 Å². The van der Waals surface area contributed by atoms with Crippen molar-refractivity contribution in [2.45, 2.75) is 140 Å². The molecule has 8 aromatic carbocycles. The topological polar surface area (TPSA) is 392 Å². The fourth-order valence-electron chi connectivity index (χ4n) is 14.8. The molecule has 660 valence electrons. The van der Waals surface area contributed by atoms with Gasteiger partial charge in [0, 0.05) is 80.3 Å². The number of sulfone groups is 1. The van der Waals surface area contributed by atoms with Gasteiger partial charge in [0.15, 0.2) is 55.9 Å². The summed E-state index contributed by atoms with van der Waals surface area (Å²) in [5.41, 5.74) is 8.91. The summed E-state index contributed by atoms with van der Waals surface area (Å²) in [7, 11) is 0.304. The molecular weight excluding hydrogens is 1650 g/mol. The van der Waals surface area contributed by atoms with Gasteiger partial charge < -0.3 is 85.9 Å². The van der Waals surface area contributed by atoms with E-state index in [1.807, 2.05) is 68.6 Å². The largest absolute Gasteiger partial charge is 0.501 e. The summed E-state index contributed by atoms with van der Waals surface area (Å²) >= 11 is 0. The molecule has 5 aliphatic heterocycles. The third kappa shape index (κ3) is 22.7. The summed E-state index contributed by atoms with van der Waals surface area (Å²) < 4.78 is 114. The van der Waals surface area contributed by atoms with Crippen LogP contribution in [0.2, 0.25) is 0 Å². The first-order valence-corrected chi connectivity index (χ1v) is 44.0. The number of quaternary nitrogens is 1. The maximum absolute atomic E-state index is 14.2. The van der Waals surface area contributed by atoms with E-state index in [0.717, 1.165) is 40.4 Å². The Balaban J connectivity index is 0.000000263. The highest BCUT2D eigenvalue weighted by Gasteiger charge is 2.46. The average molecular weight is 1750 g/mol. The number of hydrogen-bond acceptors (Lipinski definition) is 27. The number of aryl methyl sites for hydroxylation is 1. The van der Waals surface area contributed by atoms with Crippen LogP contribution in [0.5, 0.6) is 40.2 Å². The highest BCUT2D eigenvalue weighted by atomic mass is 32.3. The molecule has 1 aromatic heterocycles. The normalized spacial score (nSPS) is 18.2. The van der Waals surface area contributed by atoms with Crippen LogP contribution in [-0.4, -0.2) is 243 Å². The van der Waals surface area contributed by atoms with E-state index in [-0.39, 0.29) is 125 Å². The number of carbonyl (C=O) groups excluding carboxylic acids is 5. The lowest BCUT2D eigenvalue weighted by Gasteiger charge is -2.39. The van der Waals surface area contributed by atoms with Crippen LogP contribution in [0.4, 0.5) is 11.4 Å². The predicted octanol–water partition coefficient (Wildman–Crippen LogP) is 9.33. The summed E-state index contributed by atoms with van der Waals surface area (Å²) in [6.07, 6.45) is -1.62. The molecule has 1 saturated heterocycles. The number of methoxy groups -OCH3 is 2. The molecule has 3 amide bonds. The van der Waals surface area contributed by atoms with Gasteiger partial charge in [-0.25, -0.2) is 13.1 Å². The Hall–Kier alpha value is -11.8. The second-order valence-corrected chi connectivity index (χ2v) is 35.0. The molecule has 9 aromatic rings. The predicted molar refractivity (Wildman–Crippen MR) is 459 cm³/mol. The summed E-state index contributed by atoms with van der Waals surface area (Å²) in [4.78, 5) is 82.6. The number of ether oxygens (including phenoxy) is 8. The van der Waals surface area contributed by atoms with Crippen molar-refractivity contribution in [3.63, 3.8) is 0 Å². The maximum Gasteiger partial charge on any atom is 0.501 e. The molecule has 0 bridgehead atoms. The number of hydrogen-bond donors (Lipinski definition) is 4. The Labute approximate surface area is 724 Å². The van der Waals surface area contributed by atoms with Gasteiger partial charge in [0.2, 0.25) is 6.29 Å². The summed E-state index contributed by atoms with van der Waals surface area (Å²) in [5, 5.41) is 49.6. The Bertz CT molecular complexity index is 5540. The Kier molecular flexibility index (Phi) is 29.4. The van der Waals surface area contributed by atoms with Gasteiger partial charge in [-0.2, -0.15) is 0 Å². The van der Waals surface area contributed by atoms with Crippen LogP contribution in [-0.2, 0) is 86.7 Å². The molecule has 14 rings (SSSR count). The van der Waals surface area contributed by atoms with Crippen LogP contribution in [0.15, 0.2) is 179 Å². The molecule has 34 heteroatoms. The number of aliphatic imine (C=N–C) groups is 2. The molecule has 5 aliphatic rings. The monoisotopic (exact) mass is 1750 g/mol. The van der Waals surface area contributed by atoms with Gasteiger partial charge in [-0.3, -0.25) is 34.0 Å². The van der Waals surface area contributed by atoms with E-state index in [9.17, 15) is 61.2 Å². The number of likely N-dealkylation sites (N-methyl/N-ethyl adjacent to an activating group) is 1. The number of amides is 3. The molecule has 7 atom stereocenters. The number of ketones is 2. The molecule has 6 heterocycles. The highest BCUT2D eigenvalue weighted by Crippen LogP contribution is 2.43. The number of fused-ring (bicyclic) bond motifs is 6. The minimum atomic E-state index is -5.18. The number of benzene rings is 8. The van der Waals surface area contributed by atoms with Crippen molar-refractivity contribution in [1.29, 1.82) is 0 Å². The maximum atomic E-state index is 14.2. The molecule has 32 nitrogen and oxygen atoms in total. The molecule has 0 aliphatic carbocycles. The summed E-state index contributed by atoms with van der Waals surface area (Å²) in [6, 6.07) is 42.7. The van der Waals surface area contributed by atoms with Crippen molar-refractivity contribution < 1.29 is 112 Å². The van der Waals surface area contributed by atoms with E-state index >= 15 is 0 Å². The minimum Gasteiger partial charge on any atom is -0.493 e. The number of aromatic nitrogens is 3. The van der Waals surface area contributed by atoms with Gasteiger partial charge >= 0.3 is 10.4 Å². The zero-order chi connectivity index (χ0) is 88.9. The van der Waals surface area contributed by atoms with Gasteiger partial charge in [-0.1, -0.05) is 90.5 Å². The first kappa shape index (κ1) is 90.9. The molecule has 1 fully saturated rings. The van der Waals surface area contributed by atoms with E-state index in [2.05, 4.69) is 31.5 Å². The second kappa shape index (κ2) is 40.4. The van der Waals surface area contributed by atoms with Crippen LogP contribution in [0, 0.1) is 6.92 Å². The standard InChI is InChI=1S/C60H58N4O17S.C31H44N5O6S/c1-4-9-47(66)37-14-15-48(78-60-57(69)56(68)55(67)54(30-65)79-60)53(21-37)81-82(72,73)80-42-17-33(31-76-51-24-45-43(22-49(51)74-2)58(70)63-28-38-12-7-5-10-35(38)19-40(63)26-61-45)16-34(18-42)32-77-52-25-46-44(23-50(52)75-3)59(71)64-29-39-13-8-6-11-36(39)20-41(64)27-62-46;1-6-41-21-18-35-23-28(32-33-35)24-42-20-17-34(16-19-36(3,4)5)31(38)27-11-9-26(10-12-27)30(37)15-22-43(39,40)29-13-7-25(2)8-14-29/h5-8,10-18,21-27,40-41,54-57,60,65,67-69H,4,9,19-20,28-32H2,1-3H3;7-14,23H,6,15-22,24H2,1-5H3/q;+1/t40-,41+,54-,55+,56+,57-,60?;/m1./s1. The van der Waals surface area contributed by atoms with Crippen LogP contribution >= 0.6 is 0 Å². The second-order valence-electron chi connectivity index (χ2n) is 31.7. The number of aliphatic hydroxyl groups is 4. The van der Waals surface area contributed by atoms with Crippen LogP contribution in [0.1, 0.15) is 130 Å². The SMILES string of the molecule is CCCC(=O)c1ccc(OC2O[C@H](CO)[C@H](O)[C@H](O)[C@H]2O)c(OS(=O)(=O)Oc2cc(COc3cc4c(cc3OC)C(=O)N3Cc5ccccc5C[C@H]3C=N4)cc(COc3cc4c(cc3OC)C(=O)N3Cc5ccccc5C[C@@H]3C=N4)c2)c1.CCOCCn1cc(COCCN(CC[N+](C)(C)C)C(=O)c2ccc(C(=O)CCS(=O)(=O)c3ccc(C)cc3)cc2)nn1. The van der Waals surface area contributed by atoms with Gasteiger partial charge in [0.1, 0.15) is 49.1 Å². The third-order valence-electron chi connectivity index (χ3n) is 21.7. The Morgan fingerprint density at radius 2 is 1.16 bits per heavy atom. The van der Waals surface area contributed by atoms with E-state index in [0.29, 0.717) is 127 Å². The van der Waals surface area contributed by atoms with Crippen molar-refractivity contribution in [3.8, 4) is 40.2 Å². The van der Waals surface area contributed by atoms with Crippen molar-refractivity contribution in [2.24, 2.45) is 9.98 Å². The fourth-order valence-corrected chi connectivity index (χ4v) is 16.7. The molecule has 0 spiro atoms. The number of nitrogens with zero attached hydrogens (tertiary/aromatic N) is 9. The van der Waals surface area contributed by atoms with Crippen molar-refractivity contribution >= 4 is 73.3 Å². The third-order valence-corrected chi connectivity index (χ3v) is 24.2. The van der Waals surface area contributed by atoms with Crippen molar-refractivity contribution in [2.75, 3.05) is 87.2 Å². The van der Waals surface area contributed by atoms with E-state index in [1.165, 1.54) is 38.5 Å². The molecule has 4 N–H and O–H groups in total. The van der Waals surface area contributed by atoms with Crippen molar-refractivity contribution in [1.82, 2.24) is 29.7 Å². The van der Waals surface area contributed by atoms with Crippen LogP contribution in [0.25, 0.3) is 0 Å². The lowest BCUT2D eigenvalue weighted by Crippen LogP contribution is -2.60. The van der Waals surface area contributed by atoms with Gasteiger partial charge in [0.25, 0.3) is 17.7 Å². The first-order chi connectivity index (χ1) is 60.0. The zero-order valence-corrected chi connectivity index (χ0v) is 72.2. The van der Waals surface area contributed by atoms with E-state index in [4.69, 9.17) is 56.2 Å². The van der Waals surface area contributed by atoms with Gasteiger partial charge in [-0.05, 0) is 139 Å². The molecule has 0 radical (unpaired) electrons. The molecule has 1 unspecified atom stereocenters. The number of rotatable bonds is 36. The van der Waals surface area contributed by atoms with Gasteiger partial charge in [-0.15, -0.1) is 13.5 Å². The molecule has 125 heavy (non-hydrogen) atoms. The van der Waals surface area contributed by atoms with Crippen molar-refractivity contribution in [3.05, 3.63) is 236 Å². The zero-order valence-electron chi connectivity index (χ0n) is 70.6. The van der Waals surface area contributed by atoms with Crippen LogP contribution in [0.3, 0.4) is 0 Å². The first-order valence-electron chi connectivity index (χ1n) is 41.0. The fraction of sp³-hybridized carbons (Fsp3) is 0.374. The summed E-state index contributed by atoms with van der Waals surface area (Å²) in [5.74, 6) is -1.93. The van der Waals surface area contributed by atoms with E-state index < -0.39 is 63.3 Å². The lowest BCUT2D eigenvalue weighted by molar-refractivity contribution is -0.869. The number of Topliss-reactive ketones (excluding diaryl/α,β-unsaturated/α-hetero) is 2. The summed E-state index contributed by atoms with van der Waals surface area (Å²) in [6.45, 7) is 9.26. The highest BCUT2D eigenvalue weighted by molar-refractivity contribution is 7.91. The quantitative estimate of drug-likeness (QED) is 0.0161. The minimum absolute atomic E-state index is 0.0428. The average Bonchev–Trinajstić information content (AvgIpc) is 1.70. The number of aliphatic hydroxyl groups excluding tert-OH is 4. The lowest BCUT2D eigenvalue weighted by atomic mass is 9.94. The van der Waals surface area contributed by atoms with Gasteiger partial charge in [0.05, 0.1) is 133 Å². The Morgan fingerprint density at radius 1 is 0.592 bits per heavy atom. The smallest absolute Gasteiger partial charge is 0.493 e. The Morgan fingerprint density at radius 3 is 1.72 bits per heavy atom. The molecule has 0 saturated carbocycles. The van der Waals surface area contributed by atoms with E-state index in [1.54, 1.807) is 118 Å². The number of carbonyl (C=O) groups is 5. The molecular formula is C91H102N9O23S2+.